The number of aryl methyl sites for hydroxylation is 2. The lowest BCUT2D eigenvalue weighted by Crippen LogP contribution is -2.28. The average Bonchev–Trinajstić information content (AvgIpc) is 4.12. The summed E-state index contributed by atoms with van der Waals surface area (Å²) < 4.78 is 46.0. The number of hydrogen-bond acceptors (Lipinski definition) is 15. The fraction of sp³-hybridized carbons (Fsp3) is 0.143. The molecular formula is C42H36F2N8O9. The number of nitrogens with zero attached hydrogens (tertiary/aromatic N) is 6. The summed E-state index contributed by atoms with van der Waals surface area (Å²) in [6, 6.07) is 24.5. The number of nitrogens with two attached hydrogens (primary N) is 1. The molecular weight excluding hydrogens is 799 g/mol. The third-order valence-corrected chi connectivity index (χ3v) is 8.39. The maximum atomic E-state index is 13.0. The van der Waals surface area contributed by atoms with Crippen molar-refractivity contribution in [1.29, 1.82) is 0 Å². The van der Waals surface area contributed by atoms with E-state index in [4.69, 9.17) is 28.7 Å². The number of halogens is 2. The average molecular weight is 835 g/mol. The fourth-order valence-corrected chi connectivity index (χ4v) is 5.27. The molecule has 1 amide bonds. The number of hydrogen-bond donors (Lipinski definition) is 5. The number of carboxylic acids is 1. The fourth-order valence-electron chi connectivity index (χ4n) is 5.27. The monoisotopic (exact) mass is 834 g/mol. The third-order valence-electron chi connectivity index (χ3n) is 8.39. The van der Waals surface area contributed by atoms with Crippen molar-refractivity contribution >= 4 is 11.9 Å². The van der Waals surface area contributed by atoms with Crippen molar-refractivity contribution in [3.63, 3.8) is 0 Å². The number of carbonyl (C=O) groups excluding carboxylic acids is 1. The van der Waals surface area contributed by atoms with Crippen molar-refractivity contribution in [2.45, 2.75) is 26.1 Å². The lowest BCUT2D eigenvalue weighted by molar-refractivity contribution is 0.0696. The van der Waals surface area contributed by atoms with Crippen LogP contribution >= 0.6 is 0 Å². The van der Waals surface area contributed by atoms with Crippen LogP contribution < -0.4 is 11.1 Å². The number of carboxylic acid groups (broad SMARTS) is 1. The maximum Gasteiger partial charge on any atom is 0.335 e. The van der Waals surface area contributed by atoms with Gasteiger partial charge in [-0.25, -0.2) is 23.5 Å². The molecule has 0 saturated heterocycles. The van der Waals surface area contributed by atoms with Crippen molar-refractivity contribution in [2.24, 2.45) is 5.73 Å². The minimum absolute atomic E-state index is 0.0697. The number of carbonyl (C=O) groups is 2. The van der Waals surface area contributed by atoms with Gasteiger partial charge in [-0.15, -0.1) is 0 Å². The Morgan fingerprint density at radius 2 is 1.11 bits per heavy atom. The van der Waals surface area contributed by atoms with Gasteiger partial charge in [-0.05, 0) is 72.8 Å². The molecule has 0 fully saturated rings. The number of oxazole rings is 2. The minimum Gasteiger partial charge on any atom is -0.478 e. The van der Waals surface area contributed by atoms with Crippen molar-refractivity contribution < 1.29 is 51.6 Å². The van der Waals surface area contributed by atoms with Crippen LogP contribution in [0.15, 0.2) is 127 Å². The molecule has 0 aliphatic rings. The molecule has 8 rings (SSSR count). The predicted octanol–water partition coefficient (Wildman–Crippen LogP) is 6.52. The van der Waals surface area contributed by atoms with Gasteiger partial charge < -0.3 is 44.3 Å². The molecule has 0 spiro atoms. The summed E-state index contributed by atoms with van der Waals surface area (Å²) in [5.41, 5.74) is 9.01. The van der Waals surface area contributed by atoms with Crippen LogP contribution in [0.5, 0.6) is 0 Å². The number of aromatic carboxylic acids is 1. The van der Waals surface area contributed by atoms with E-state index in [1.54, 1.807) is 62.4 Å². The van der Waals surface area contributed by atoms with E-state index in [1.807, 2.05) is 0 Å². The van der Waals surface area contributed by atoms with Gasteiger partial charge >= 0.3 is 5.97 Å². The molecule has 2 unspecified atom stereocenters. The number of benzene rings is 4. The topological polar surface area (TPSA) is 263 Å². The molecule has 0 aliphatic carbocycles. The molecule has 4 aromatic carbocycles. The molecule has 0 bridgehead atoms. The first-order valence-electron chi connectivity index (χ1n) is 18.2. The number of amides is 1. The molecule has 19 heteroatoms. The van der Waals surface area contributed by atoms with Crippen LogP contribution in [0.1, 0.15) is 56.1 Å². The molecule has 0 aliphatic heterocycles. The van der Waals surface area contributed by atoms with Crippen molar-refractivity contribution in [3.8, 4) is 45.7 Å². The van der Waals surface area contributed by atoms with Crippen LogP contribution in [0.3, 0.4) is 0 Å². The van der Waals surface area contributed by atoms with Crippen LogP contribution in [0.2, 0.25) is 0 Å². The van der Waals surface area contributed by atoms with E-state index >= 15 is 0 Å². The van der Waals surface area contributed by atoms with E-state index in [0.717, 1.165) is 0 Å². The number of aromatic nitrogens is 6. The minimum atomic E-state index is -1.07. The lowest BCUT2D eigenvalue weighted by atomic mass is 10.1. The van der Waals surface area contributed by atoms with Gasteiger partial charge in [-0.1, -0.05) is 34.6 Å². The zero-order chi connectivity index (χ0) is 43.5. The van der Waals surface area contributed by atoms with Crippen LogP contribution in [0.4, 0.5) is 8.78 Å². The lowest BCUT2D eigenvalue weighted by Gasteiger charge is -2.09. The quantitative estimate of drug-likeness (QED) is 0.0929. The van der Waals surface area contributed by atoms with Gasteiger partial charge in [-0.3, -0.25) is 4.79 Å². The Morgan fingerprint density at radius 1 is 0.656 bits per heavy atom. The Hall–Kier alpha value is -7.74. The van der Waals surface area contributed by atoms with Crippen molar-refractivity contribution in [1.82, 2.24) is 35.6 Å². The zero-order valence-corrected chi connectivity index (χ0v) is 32.3. The van der Waals surface area contributed by atoms with E-state index in [1.165, 1.54) is 61.1 Å². The van der Waals surface area contributed by atoms with Crippen molar-refractivity contribution in [2.75, 3.05) is 13.1 Å². The molecule has 4 aromatic heterocycles. The SMILES string of the molecule is Cc1nc(-c2cccc(C(=O)NCC(O)c3coc(-c4ccc(F)cc4)n3)c2)no1.Cc1nc(-c2cccc(C(=O)O)c2)no1.NCC(O)c1coc(-c2ccc(F)cc2)n1. The van der Waals surface area contributed by atoms with E-state index < -0.39 is 18.2 Å². The molecule has 0 radical (unpaired) electrons. The van der Waals surface area contributed by atoms with Crippen LogP contribution in [0.25, 0.3) is 45.7 Å². The normalized spacial score (nSPS) is 11.7. The Balaban J connectivity index is 0.000000169. The highest BCUT2D eigenvalue weighted by molar-refractivity contribution is 5.95. The summed E-state index contributed by atoms with van der Waals surface area (Å²) in [6.07, 6.45) is 0.734. The van der Waals surface area contributed by atoms with Gasteiger partial charge in [0.1, 0.15) is 47.8 Å². The number of nitrogens with one attached hydrogen (secondary N) is 1. The second-order valence-electron chi connectivity index (χ2n) is 12.9. The van der Waals surface area contributed by atoms with E-state index in [2.05, 4.69) is 35.6 Å². The molecule has 61 heavy (non-hydrogen) atoms. The van der Waals surface area contributed by atoms with Crippen LogP contribution in [0, 0.1) is 25.5 Å². The smallest absolute Gasteiger partial charge is 0.335 e. The number of aliphatic hydroxyl groups is 2. The van der Waals surface area contributed by atoms with Crippen molar-refractivity contribution in [3.05, 3.63) is 156 Å². The molecule has 8 aromatic rings. The number of rotatable bonds is 11. The number of aliphatic hydroxyl groups excluding tert-OH is 2. The maximum absolute atomic E-state index is 13.0. The molecule has 4 heterocycles. The molecule has 6 N–H and O–H groups in total. The van der Waals surface area contributed by atoms with Gasteiger partial charge in [0.2, 0.25) is 35.2 Å². The summed E-state index contributed by atoms with van der Waals surface area (Å²) in [5, 5.41) is 38.7. The summed E-state index contributed by atoms with van der Waals surface area (Å²) >= 11 is 0. The molecule has 312 valence electrons. The first-order valence-corrected chi connectivity index (χ1v) is 18.2. The Morgan fingerprint density at radius 3 is 1.56 bits per heavy atom. The first kappa shape index (κ1) is 42.9. The Bertz CT molecular complexity index is 2700. The second-order valence-corrected chi connectivity index (χ2v) is 12.9. The van der Waals surface area contributed by atoms with E-state index in [9.17, 15) is 28.6 Å². The largest absolute Gasteiger partial charge is 0.478 e. The van der Waals surface area contributed by atoms with Gasteiger partial charge in [0.05, 0.1) is 5.56 Å². The highest BCUT2D eigenvalue weighted by atomic mass is 19.1. The first-order chi connectivity index (χ1) is 29.4. The second kappa shape index (κ2) is 19.8. The molecule has 17 nitrogen and oxygen atoms in total. The predicted molar refractivity (Wildman–Crippen MR) is 211 cm³/mol. The van der Waals surface area contributed by atoms with Gasteiger partial charge in [-0.2, -0.15) is 9.97 Å². The van der Waals surface area contributed by atoms with Gasteiger partial charge in [0.15, 0.2) is 0 Å². The Labute approximate surface area is 344 Å². The summed E-state index contributed by atoms with van der Waals surface area (Å²) in [4.78, 5) is 39.6. The van der Waals surface area contributed by atoms with Crippen LogP contribution in [-0.2, 0) is 0 Å². The third kappa shape index (κ3) is 11.5. The van der Waals surface area contributed by atoms with E-state index in [-0.39, 0.29) is 47.8 Å². The summed E-state index contributed by atoms with van der Waals surface area (Å²) in [7, 11) is 0. The highest BCUT2D eigenvalue weighted by Gasteiger charge is 2.18. The summed E-state index contributed by atoms with van der Waals surface area (Å²) in [5.74, 6) is 0.204. The standard InChI is InChI=1S/C21H17FN4O4.C11H11FN2O2.C10H8N2O3/c1-12-24-19(26-30-12)14-3-2-4-15(9-14)20(28)23-10-18(27)17-11-29-21(25-17)13-5-7-16(22)8-6-13;12-8-3-1-7(2-4-8)11-14-9(6-16-11)10(15)5-13;1-6-11-9(12-15-6)7-3-2-4-8(5-7)10(13)14/h2-9,11,18,27H,10H2,1H3,(H,23,28);1-4,6,10,15H,5,13H2;2-5H,1H3,(H,13,14). The zero-order valence-electron chi connectivity index (χ0n) is 32.3. The summed E-state index contributed by atoms with van der Waals surface area (Å²) in [6.45, 7) is 3.37. The highest BCUT2D eigenvalue weighted by Crippen LogP contribution is 2.24. The molecule has 2 atom stereocenters. The van der Waals surface area contributed by atoms with E-state index in [0.29, 0.717) is 62.8 Å². The van der Waals surface area contributed by atoms with Gasteiger partial charge in [0, 0.05) is 54.8 Å². The van der Waals surface area contributed by atoms with Crippen LogP contribution in [-0.4, -0.2) is 70.5 Å². The van der Waals surface area contributed by atoms with Gasteiger partial charge in [0.25, 0.3) is 5.91 Å². The molecule has 0 saturated carbocycles. The Kier molecular flexibility index (Phi) is 13.9.